The van der Waals surface area contributed by atoms with E-state index >= 15 is 0 Å². The Hall–Kier alpha value is -3.02. The lowest BCUT2D eigenvalue weighted by atomic mass is 10.2. The summed E-state index contributed by atoms with van der Waals surface area (Å²) in [6.07, 6.45) is 9.12. The van der Waals surface area contributed by atoms with Gasteiger partial charge in [0, 0.05) is 49.0 Å². The molecule has 0 fully saturated rings. The van der Waals surface area contributed by atoms with E-state index in [0.29, 0.717) is 12.0 Å². The fourth-order valence-electron chi connectivity index (χ4n) is 2.47. The number of anilines is 2. The van der Waals surface area contributed by atoms with Gasteiger partial charge in [0.1, 0.15) is 5.82 Å². The summed E-state index contributed by atoms with van der Waals surface area (Å²) in [5.74, 6) is 1.44. The molecule has 0 aliphatic rings. The van der Waals surface area contributed by atoms with Gasteiger partial charge in [-0.3, -0.25) is 9.97 Å². The number of rotatable bonds is 8. The van der Waals surface area contributed by atoms with Gasteiger partial charge in [-0.15, -0.1) is 0 Å². The Kier molecular flexibility index (Phi) is 6.09. The Balaban J connectivity index is 1.77. The number of nitrogens with one attached hydrogen (secondary N) is 2. The highest BCUT2D eigenvalue weighted by atomic mass is 15.2. The van der Waals surface area contributed by atoms with Crippen molar-refractivity contribution in [2.45, 2.75) is 32.7 Å². The van der Waals surface area contributed by atoms with Crippen LogP contribution in [0.25, 0.3) is 11.3 Å². The lowest BCUT2D eigenvalue weighted by molar-refractivity contribution is 0.753. The van der Waals surface area contributed by atoms with E-state index in [9.17, 15) is 0 Å². The molecule has 0 saturated carbocycles. The van der Waals surface area contributed by atoms with E-state index in [1.54, 1.807) is 6.20 Å². The molecule has 26 heavy (non-hydrogen) atoms. The van der Waals surface area contributed by atoms with Gasteiger partial charge in [-0.2, -0.15) is 4.98 Å². The second-order valence-corrected chi connectivity index (χ2v) is 6.19. The predicted molar refractivity (Wildman–Crippen MR) is 105 cm³/mol. The van der Waals surface area contributed by atoms with Crippen LogP contribution in [0.4, 0.5) is 11.8 Å². The molecule has 0 amide bonds. The van der Waals surface area contributed by atoms with Crippen molar-refractivity contribution in [2.75, 3.05) is 17.2 Å². The molecule has 0 spiro atoms. The first-order valence-corrected chi connectivity index (χ1v) is 8.93. The zero-order chi connectivity index (χ0) is 18.2. The summed E-state index contributed by atoms with van der Waals surface area (Å²) in [5.41, 5.74) is 3.07. The molecule has 0 aliphatic heterocycles. The zero-order valence-corrected chi connectivity index (χ0v) is 15.2. The largest absolute Gasteiger partial charge is 0.370 e. The fraction of sp³-hybridized carbons (Fsp3) is 0.300. The Morgan fingerprint density at radius 1 is 1.04 bits per heavy atom. The smallest absolute Gasteiger partial charge is 0.225 e. The SMILES string of the molecule is CC[C@@H](C)Nc1nc(NCCc2ccncc2)cc(-c2cccnc2)n1. The molecular formula is C20H24N6. The van der Waals surface area contributed by atoms with Gasteiger partial charge in [0.25, 0.3) is 0 Å². The molecule has 2 N–H and O–H groups in total. The number of nitrogens with zero attached hydrogens (tertiary/aromatic N) is 4. The van der Waals surface area contributed by atoms with Crippen molar-refractivity contribution in [2.24, 2.45) is 0 Å². The number of pyridine rings is 2. The van der Waals surface area contributed by atoms with E-state index in [0.717, 1.165) is 36.5 Å². The lowest BCUT2D eigenvalue weighted by Gasteiger charge is -2.14. The maximum atomic E-state index is 4.65. The molecule has 3 aromatic rings. The first-order chi connectivity index (χ1) is 12.7. The monoisotopic (exact) mass is 348 g/mol. The van der Waals surface area contributed by atoms with Gasteiger partial charge in [0.05, 0.1) is 5.69 Å². The molecule has 1 atom stereocenters. The average molecular weight is 348 g/mol. The van der Waals surface area contributed by atoms with Crippen LogP contribution in [0.2, 0.25) is 0 Å². The minimum Gasteiger partial charge on any atom is -0.370 e. The number of hydrogen-bond acceptors (Lipinski definition) is 6. The molecule has 6 heteroatoms. The van der Waals surface area contributed by atoms with Gasteiger partial charge >= 0.3 is 0 Å². The first-order valence-electron chi connectivity index (χ1n) is 8.93. The number of aromatic nitrogens is 4. The predicted octanol–water partition coefficient (Wildman–Crippen LogP) is 3.80. The van der Waals surface area contributed by atoms with Crippen LogP contribution in [0.15, 0.2) is 55.1 Å². The summed E-state index contributed by atoms with van der Waals surface area (Å²) in [7, 11) is 0. The maximum absolute atomic E-state index is 4.65. The van der Waals surface area contributed by atoms with Gasteiger partial charge in [-0.1, -0.05) is 6.92 Å². The molecule has 0 aliphatic carbocycles. The second kappa shape index (κ2) is 8.89. The topological polar surface area (TPSA) is 75.6 Å². The van der Waals surface area contributed by atoms with Crippen molar-refractivity contribution in [1.29, 1.82) is 0 Å². The van der Waals surface area contributed by atoms with Crippen molar-refractivity contribution in [1.82, 2.24) is 19.9 Å². The Labute approximate surface area is 154 Å². The standard InChI is InChI=1S/C20H24N6/c1-3-15(2)24-20-25-18(17-5-4-9-22-14-17)13-19(26-20)23-12-8-16-6-10-21-11-7-16/h4-7,9-11,13-15H,3,8,12H2,1-2H3,(H2,23,24,25,26)/t15-/m1/s1. The maximum Gasteiger partial charge on any atom is 0.225 e. The third-order valence-electron chi connectivity index (χ3n) is 4.14. The molecule has 0 unspecified atom stereocenters. The Morgan fingerprint density at radius 2 is 1.88 bits per heavy atom. The summed E-state index contributed by atoms with van der Waals surface area (Å²) >= 11 is 0. The van der Waals surface area contributed by atoms with Crippen LogP contribution in [0, 0.1) is 0 Å². The van der Waals surface area contributed by atoms with Crippen molar-refractivity contribution in [3.63, 3.8) is 0 Å². The molecular weight excluding hydrogens is 324 g/mol. The van der Waals surface area contributed by atoms with Crippen LogP contribution in [-0.4, -0.2) is 32.5 Å². The Bertz CT molecular complexity index is 807. The minimum absolute atomic E-state index is 0.309. The summed E-state index contributed by atoms with van der Waals surface area (Å²) in [5, 5.41) is 6.76. The average Bonchev–Trinajstić information content (AvgIpc) is 2.69. The summed E-state index contributed by atoms with van der Waals surface area (Å²) < 4.78 is 0. The van der Waals surface area contributed by atoms with Crippen LogP contribution in [0.1, 0.15) is 25.8 Å². The van der Waals surface area contributed by atoms with Crippen LogP contribution >= 0.6 is 0 Å². The first kappa shape index (κ1) is 17.8. The van der Waals surface area contributed by atoms with Gasteiger partial charge in [0.2, 0.25) is 5.95 Å². The third kappa shape index (κ3) is 4.99. The van der Waals surface area contributed by atoms with Crippen molar-refractivity contribution < 1.29 is 0 Å². The van der Waals surface area contributed by atoms with Crippen molar-refractivity contribution in [3.05, 3.63) is 60.7 Å². The van der Waals surface area contributed by atoms with Crippen LogP contribution in [-0.2, 0) is 6.42 Å². The highest BCUT2D eigenvalue weighted by molar-refractivity contribution is 5.63. The van der Waals surface area contributed by atoms with Gasteiger partial charge < -0.3 is 10.6 Å². The third-order valence-corrected chi connectivity index (χ3v) is 4.14. The highest BCUT2D eigenvalue weighted by Crippen LogP contribution is 2.21. The zero-order valence-electron chi connectivity index (χ0n) is 15.2. The van der Waals surface area contributed by atoms with Crippen LogP contribution in [0.3, 0.4) is 0 Å². The normalized spacial score (nSPS) is 11.8. The summed E-state index contributed by atoms with van der Waals surface area (Å²) in [4.78, 5) is 17.5. The van der Waals surface area contributed by atoms with E-state index in [-0.39, 0.29) is 0 Å². The highest BCUT2D eigenvalue weighted by Gasteiger charge is 2.09. The van der Waals surface area contributed by atoms with E-state index in [1.807, 2.05) is 48.9 Å². The molecule has 3 aromatic heterocycles. The quantitative estimate of drug-likeness (QED) is 0.645. The summed E-state index contributed by atoms with van der Waals surface area (Å²) in [6, 6.07) is 10.2. The minimum atomic E-state index is 0.309. The van der Waals surface area contributed by atoms with Crippen LogP contribution < -0.4 is 10.6 Å². The second-order valence-electron chi connectivity index (χ2n) is 6.19. The number of hydrogen-bond donors (Lipinski definition) is 2. The molecule has 6 nitrogen and oxygen atoms in total. The molecule has 3 heterocycles. The van der Waals surface area contributed by atoms with Gasteiger partial charge in [0.15, 0.2) is 0 Å². The molecule has 0 saturated heterocycles. The van der Waals surface area contributed by atoms with Gasteiger partial charge in [-0.25, -0.2) is 4.98 Å². The Morgan fingerprint density at radius 3 is 2.62 bits per heavy atom. The lowest BCUT2D eigenvalue weighted by Crippen LogP contribution is -2.17. The summed E-state index contributed by atoms with van der Waals surface area (Å²) in [6.45, 7) is 5.05. The van der Waals surface area contributed by atoms with E-state index in [2.05, 4.69) is 44.4 Å². The fourth-order valence-corrected chi connectivity index (χ4v) is 2.47. The van der Waals surface area contributed by atoms with E-state index in [1.165, 1.54) is 5.56 Å². The molecule has 0 bridgehead atoms. The van der Waals surface area contributed by atoms with Crippen molar-refractivity contribution in [3.8, 4) is 11.3 Å². The molecule has 0 radical (unpaired) electrons. The van der Waals surface area contributed by atoms with Crippen molar-refractivity contribution >= 4 is 11.8 Å². The van der Waals surface area contributed by atoms with E-state index in [4.69, 9.17) is 0 Å². The molecule has 134 valence electrons. The molecule has 0 aromatic carbocycles. The van der Waals surface area contributed by atoms with E-state index < -0.39 is 0 Å². The van der Waals surface area contributed by atoms with Gasteiger partial charge in [-0.05, 0) is 49.6 Å². The van der Waals surface area contributed by atoms with Crippen LogP contribution in [0.5, 0.6) is 0 Å². The molecule has 3 rings (SSSR count).